The maximum Gasteiger partial charge on any atom is 0.275 e. The number of carbonyl (C=O) groups excluding carboxylic acids is 1. The number of quaternary nitrogens is 1. The van der Waals surface area contributed by atoms with Crippen LogP contribution in [0.25, 0.3) is 0 Å². The smallest absolute Gasteiger partial charge is 0.275 e. The molecule has 2 aromatic rings. The van der Waals surface area contributed by atoms with Gasteiger partial charge in [0.2, 0.25) is 4.77 Å². The Labute approximate surface area is 170 Å². The Kier molecular flexibility index (Phi) is 6.64. The van der Waals surface area contributed by atoms with Crippen LogP contribution in [0.1, 0.15) is 24.2 Å². The van der Waals surface area contributed by atoms with Crippen LogP contribution in [0.2, 0.25) is 0 Å². The fraction of sp³-hybridized carbons (Fsp3) is 0.450. The minimum atomic E-state index is 0.0695. The molecule has 1 heterocycles. The predicted octanol–water partition coefficient (Wildman–Crippen LogP) is 1.24. The molecule has 8 heteroatoms. The first kappa shape index (κ1) is 20.3. The number of hydrogen-bond donors (Lipinski definition) is 2. The number of ether oxygens (including phenoxy) is 1. The van der Waals surface area contributed by atoms with Gasteiger partial charge in [-0.15, -0.1) is 11.7 Å². The maximum atomic E-state index is 12.0. The van der Waals surface area contributed by atoms with Crippen LogP contribution in [0, 0.1) is 11.7 Å². The first-order valence-electron chi connectivity index (χ1n) is 9.54. The Bertz CT molecular complexity index is 900. The van der Waals surface area contributed by atoms with E-state index in [0.717, 1.165) is 34.9 Å². The minimum absolute atomic E-state index is 0.0695. The van der Waals surface area contributed by atoms with E-state index in [4.69, 9.17) is 17.0 Å². The van der Waals surface area contributed by atoms with Crippen LogP contribution in [0.5, 0.6) is 5.75 Å². The van der Waals surface area contributed by atoms with Crippen LogP contribution in [0.4, 0.5) is 0 Å². The summed E-state index contributed by atoms with van der Waals surface area (Å²) in [6, 6.07) is 8.27. The molecular formula is C20H28N5O2S+. The molecule has 0 bridgehead atoms. The molecule has 28 heavy (non-hydrogen) atoms. The van der Waals surface area contributed by atoms with Gasteiger partial charge in [0, 0.05) is 12.6 Å². The zero-order chi connectivity index (χ0) is 20.1. The van der Waals surface area contributed by atoms with Gasteiger partial charge in [0.05, 0.1) is 7.05 Å². The number of aromatic nitrogens is 3. The molecule has 0 aliphatic heterocycles. The lowest BCUT2D eigenvalue weighted by Crippen LogP contribution is -3.09. The average molecular weight is 403 g/mol. The van der Waals surface area contributed by atoms with E-state index in [1.54, 1.807) is 10.8 Å². The quantitative estimate of drug-likeness (QED) is 0.464. The van der Waals surface area contributed by atoms with Crippen molar-refractivity contribution in [1.82, 2.24) is 19.7 Å². The molecule has 1 aromatic carbocycles. The van der Waals surface area contributed by atoms with Crippen molar-refractivity contribution >= 4 is 18.1 Å². The summed E-state index contributed by atoms with van der Waals surface area (Å²) in [6.07, 6.45) is 3.97. The van der Waals surface area contributed by atoms with Gasteiger partial charge >= 0.3 is 0 Å². The lowest BCUT2D eigenvalue weighted by Gasteiger charge is -2.13. The number of amides is 1. The van der Waals surface area contributed by atoms with E-state index in [1.165, 1.54) is 0 Å². The molecule has 2 N–H and O–H groups in total. The number of aryl methyl sites for hydroxylation is 1. The largest absolute Gasteiger partial charge is 0.486 e. The van der Waals surface area contributed by atoms with Crippen molar-refractivity contribution in [3.05, 3.63) is 53.1 Å². The Morgan fingerprint density at radius 3 is 2.96 bits per heavy atom. The number of nitrogens with zero attached hydrogens (tertiary/aromatic N) is 3. The standard InChI is InChI=1S/C20H27N5O2S/c1-4-10-24-18(13-27-17-7-5-6-15(2)11-17)22-25(20(24)28)14-23(3)12-19(26)21-16-8-9-16/h4-7,11,16H,1,8-10,12-14H2,2-3H3,(H,21,26)/p+1. The van der Waals surface area contributed by atoms with E-state index in [9.17, 15) is 4.79 Å². The number of carbonyl (C=O) groups is 1. The van der Waals surface area contributed by atoms with Gasteiger partial charge in [-0.3, -0.25) is 9.36 Å². The first-order chi connectivity index (χ1) is 13.5. The van der Waals surface area contributed by atoms with E-state index in [2.05, 4.69) is 17.0 Å². The van der Waals surface area contributed by atoms with Crippen molar-refractivity contribution in [1.29, 1.82) is 0 Å². The van der Waals surface area contributed by atoms with Crippen LogP contribution in [-0.2, 0) is 24.6 Å². The monoisotopic (exact) mass is 402 g/mol. The Hall–Kier alpha value is -2.45. The zero-order valence-electron chi connectivity index (χ0n) is 16.5. The molecule has 1 saturated carbocycles. The average Bonchev–Trinajstić information content (AvgIpc) is 3.40. The fourth-order valence-electron chi connectivity index (χ4n) is 2.95. The molecule has 150 valence electrons. The third-order valence-corrected chi connectivity index (χ3v) is 4.92. The second-order valence-electron chi connectivity index (χ2n) is 7.34. The highest BCUT2D eigenvalue weighted by Gasteiger charge is 2.24. The molecule has 1 aromatic heterocycles. The Morgan fingerprint density at radius 2 is 2.29 bits per heavy atom. The highest BCUT2D eigenvalue weighted by atomic mass is 32.1. The van der Waals surface area contributed by atoms with E-state index in [-0.39, 0.29) is 5.91 Å². The van der Waals surface area contributed by atoms with Gasteiger partial charge in [-0.2, -0.15) is 4.68 Å². The van der Waals surface area contributed by atoms with Gasteiger partial charge in [-0.25, -0.2) is 0 Å². The van der Waals surface area contributed by atoms with E-state index >= 15 is 0 Å². The van der Waals surface area contributed by atoms with Crippen LogP contribution in [0.15, 0.2) is 36.9 Å². The van der Waals surface area contributed by atoms with E-state index in [0.29, 0.717) is 37.2 Å². The number of benzene rings is 1. The highest BCUT2D eigenvalue weighted by Crippen LogP contribution is 2.18. The third kappa shape index (κ3) is 5.53. The summed E-state index contributed by atoms with van der Waals surface area (Å²) >= 11 is 5.59. The van der Waals surface area contributed by atoms with Crippen molar-refractivity contribution in [2.24, 2.45) is 0 Å². The van der Waals surface area contributed by atoms with Gasteiger partial charge in [0.1, 0.15) is 12.4 Å². The van der Waals surface area contributed by atoms with Crippen LogP contribution in [-0.4, -0.2) is 39.9 Å². The molecule has 0 saturated heterocycles. The summed E-state index contributed by atoms with van der Waals surface area (Å²) in [6.45, 7) is 7.61. The van der Waals surface area contributed by atoms with E-state index < -0.39 is 0 Å². The van der Waals surface area contributed by atoms with Crippen molar-refractivity contribution < 1.29 is 14.4 Å². The Balaban J connectivity index is 1.67. The Morgan fingerprint density at radius 1 is 1.50 bits per heavy atom. The van der Waals surface area contributed by atoms with Crippen LogP contribution < -0.4 is 15.0 Å². The summed E-state index contributed by atoms with van der Waals surface area (Å²) in [5, 5.41) is 7.65. The molecular weight excluding hydrogens is 374 g/mol. The summed E-state index contributed by atoms with van der Waals surface area (Å²) in [5.74, 6) is 1.60. The minimum Gasteiger partial charge on any atom is -0.486 e. The number of allylic oxidation sites excluding steroid dienone is 1. The summed E-state index contributed by atoms with van der Waals surface area (Å²) < 4.78 is 10.2. The SMILES string of the molecule is C=CCn1c(COc2cccc(C)c2)nn(C[NH+](C)CC(=O)NC2CC2)c1=S. The molecule has 1 atom stereocenters. The van der Waals surface area contributed by atoms with Crippen molar-refractivity contribution in [2.45, 2.75) is 45.6 Å². The fourth-order valence-corrected chi connectivity index (χ4v) is 3.24. The predicted molar refractivity (Wildman–Crippen MR) is 110 cm³/mol. The molecule has 0 spiro atoms. The topological polar surface area (TPSA) is 65.5 Å². The molecule has 1 fully saturated rings. The van der Waals surface area contributed by atoms with Crippen LogP contribution in [0.3, 0.4) is 0 Å². The lowest BCUT2D eigenvalue weighted by atomic mass is 10.2. The molecule has 1 aliphatic carbocycles. The molecule has 7 nitrogen and oxygen atoms in total. The number of rotatable bonds is 10. The molecule has 3 rings (SSSR count). The number of likely N-dealkylation sites (N-methyl/N-ethyl adjacent to an activating group) is 1. The van der Waals surface area contributed by atoms with Crippen molar-refractivity contribution in [3.63, 3.8) is 0 Å². The van der Waals surface area contributed by atoms with Gasteiger partial charge in [0.25, 0.3) is 5.91 Å². The molecule has 1 aliphatic rings. The second kappa shape index (κ2) is 9.16. The van der Waals surface area contributed by atoms with Crippen molar-refractivity contribution in [2.75, 3.05) is 13.6 Å². The second-order valence-corrected chi connectivity index (χ2v) is 7.70. The van der Waals surface area contributed by atoms with Crippen molar-refractivity contribution in [3.8, 4) is 5.75 Å². The first-order valence-corrected chi connectivity index (χ1v) is 9.94. The molecule has 1 unspecified atom stereocenters. The van der Waals surface area contributed by atoms with Gasteiger partial charge < -0.3 is 15.0 Å². The van der Waals surface area contributed by atoms with Gasteiger partial charge in [-0.1, -0.05) is 18.2 Å². The van der Waals surface area contributed by atoms with Crippen LogP contribution >= 0.6 is 12.2 Å². The zero-order valence-corrected chi connectivity index (χ0v) is 17.3. The summed E-state index contributed by atoms with van der Waals surface area (Å²) in [7, 11) is 1.96. The van der Waals surface area contributed by atoms with Gasteiger partial charge in [-0.05, 0) is 49.7 Å². The van der Waals surface area contributed by atoms with E-state index in [1.807, 2.05) is 42.8 Å². The number of nitrogens with one attached hydrogen (secondary N) is 2. The molecule has 1 amide bonds. The molecule has 0 radical (unpaired) electrons. The highest BCUT2D eigenvalue weighted by molar-refractivity contribution is 7.71. The lowest BCUT2D eigenvalue weighted by molar-refractivity contribution is -0.895. The normalized spacial score (nSPS) is 14.5. The third-order valence-electron chi connectivity index (χ3n) is 4.49. The summed E-state index contributed by atoms with van der Waals surface area (Å²) in [5.41, 5.74) is 1.14. The maximum absolute atomic E-state index is 12.0. The number of hydrogen-bond acceptors (Lipinski definition) is 4. The van der Waals surface area contributed by atoms with Gasteiger partial charge in [0.15, 0.2) is 19.0 Å². The summed E-state index contributed by atoms with van der Waals surface area (Å²) in [4.78, 5) is 13.0.